The van der Waals surface area contributed by atoms with E-state index < -0.39 is 33.2 Å². The Balaban J connectivity index is 2.73. The summed E-state index contributed by atoms with van der Waals surface area (Å²) in [6.45, 7) is 5.96. The first-order chi connectivity index (χ1) is 9.62. The minimum absolute atomic E-state index is 0.269. The van der Waals surface area contributed by atoms with Gasteiger partial charge in [-0.1, -0.05) is 11.6 Å². The predicted molar refractivity (Wildman–Crippen MR) is 80.7 cm³/mol. The Kier molecular flexibility index (Phi) is 6.04. The Hall–Kier alpha value is -0.820. The lowest BCUT2D eigenvalue weighted by atomic mass is 9.96. The van der Waals surface area contributed by atoms with E-state index in [0.29, 0.717) is 13.1 Å². The minimum Gasteiger partial charge on any atom is -0.448 e. The van der Waals surface area contributed by atoms with Crippen molar-refractivity contribution in [1.82, 2.24) is 4.90 Å². The first kappa shape index (κ1) is 18.2. The van der Waals surface area contributed by atoms with Gasteiger partial charge in [0.25, 0.3) is 0 Å². The van der Waals surface area contributed by atoms with Crippen LogP contribution in [0.4, 0.5) is 4.79 Å². The molecule has 1 heterocycles. The highest BCUT2D eigenvalue weighted by molar-refractivity contribution is 7.86. The minimum atomic E-state index is -1.40. The molecule has 1 aliphatic heterocycles. The number of likely N-dealkylation sites (tertiary alicyclic amines) is 1. The molecule has 8 heteroatoms. The first-order valence-corrected chi connectivity index (χ1v) is 8.76. The molecular weight excluding hydrogens is 318 g/mol. The fourth-order valence-electron chi connectivity index (χ4n) is 2.17. The Morgan fingerprint density at radius 1 is 1.29 bits per heavy atom. The summed E-state index contributed by atoms with van der Waals surface area (Å²) in [5.41, 5.74) is -0.573. The van der Waals surface area contributed by atoms with Crippen LogP contribution in [0.2, 0.25) is 0 Å². The molecule has 0 bridgehead atoms. The maximum Gasteiger partial charge on any atom is 0.410 e. The van der Waals surface area contributed by atoms with Gasteiger partial charge in [-0.05, 0) is 33.6 Å². The zero-order chi connectivity index (χ0) is 16.3. The number of carbonyl (C=O) groups is 2. The van der Waals surface area contributed by atoms with Crippen molar-refractivity contribution in [2.45, 2.75) is 44.0 Å². The number of piperidine rings is 1. The fourth-order valence-corrected chi connectivity index (χ4v) is 3.32. The SMILES string of the molecule is CS(=O)C1(C(=O)OCCl)CCN(C(=O)OC(C)(C)C)CC1. The standard InChI is InChI=1S/C13H22ClNO5S/c1-12(2,3)20-11(17)15-7-5-13(6-8-15,21(4)18)10(16)19-9-14/h5-9H2,1-4H3. The van der Waals surface area contributed by atoms with Crippen LogP contribution in [0.3, 0.4) is 0 Å². The first-order valence-electron chi connectivity index (χ1n) is 6.67. The van der Waals surface area contributed by atoms with Crippen molar-refractivity contribution in [1.29, 1.82) is 0 Å². The van der Waals surface area contributed by atoms with Crippen molar-refractivity contribution in [3.63, 3.8) is 0 Å². The van der Waals surface area contributed by atoms with Crippen LogP contribution in [-0.2, 0) is 25.1 Å². The average molecular weight is 340 g/mol. The summed E-state index contributed by atoms with van der Waals surface area (Å²) < 4.78 is 21.0. The van der Waals surface area contributed by atoms with Gasteiger partial charge < -0.3 is 14.4 Å². The molecule has 1 rings (SSSR count). The van der Waals surface area contributed by atoms with Gasteiger partial charge in [0.2, 0.25) is 0 Å². The van der Waals surface area contributed by atoms with Gasteiger partial charge in [-0.2, -0.15) is 0 Å². The van der Waals surface area contributed by atoms with E-state index in [0.717, 1.165) is 0 Å². The number of esters is 1. The number of halogens is 1. The molecule has 1 aliphatic rings. The molecule has 1 unspecified atom stereocenters. The van der Waals surface area contributed by atoms with E-state index in [2.05, 4.69) is 0 Å². The van der Waals surface area contributed by atoms with E-state index in [1.807, 2.05) is 0 Å². The molecule has 0 aromatic rings. The fraction of sp³-hybridized carbons (Fsp3) is 0.846. The van der Waals surface area contributed by atoms with E-state index in [1.165, 1.54) is 11.2 Å². The van der Waals surface area contributed by atoms with Gasteiger partial charge in [0, 0.05) is 30.1 Å². The van der Waals surface area contributed by atoms with Crippen LogP contribution >= 0.6 is 11.6 Å². The van der Waals surface area contributed by atoms with Gasteiger partial charge in [0.1, 0.15) is 10.3 Å². The molecule has 21 heavy (non-hydrogen) atoms. The van der Waals surface area contributed by atoms with Gasteiger partial charge in [-0.3, -0.25) is 9.00 Å². The quantitative estimate of drug-likeness (QED) is 0.579. The highest BCUT2D eigenvalue weighted by atomic mass is 35.5. The zero-order valence-corrected chi connectivity index (χ0v) is 14.4. The number of rotatable bonds is 3. The number of carbonyl (C=O) groups excluding carboxylic acids is 2. The molecule has 122 valence electrons. The van der Waals surface area contributed by atoms with E-state index in [9.17, 15) is 13.8 Å². The monoisotopic (exact) mass is 339 g/mol. The second-order valence-corrected chi connectivity index (χ2v) is 7.86. The van der Waals surface area contributed by atoms with E-state index >= 15 is 0 Å². The van der Waals surface area contributed by atoms with Gasteiger partial charge in [0.15, 0.2) is 6.07 Å². The maximum absolute atomic E-state index is 12.0. The summed E-state index contributed by atoms with van der Waals surface area (Å²) >= 11 is 5.41. The number of ether oxygens (including phenoxy) is 2. The normalized spacial score (nSPS) is 19.8. The zero-order valence-electron chi connectivity index (χ0n) is 12.8. The summed E-state index contributed by atoms with van der Waals surface area (Å²) in [6.07, 6.45) is 1.58. The van der Waals surface area contributed by atoms with Crippen molar-refractivity contribution in [2.24, 2.45) is 0 Å². The summed E-state index contributed by atoms with van der Waals surface area (Å²) in [5.74, 6) is -0.567. The van der Waals surface area contributed by atoms with Gasteiger partial charge >= 0.3 is 12.1 Å². The topological polar surface area (TPSA) is 72.9 Å². The summed E-state index contributed by atoms with van der Waals surface area (Å²) in [7, 11) is -1.40. The molecule has 0 N–H and O–H groups in total. The van der Waals surface area contributed by atoms with E-state index in [1.54, 1.807) is 20.8 Å². The Bertz CT molecular complexity index is 427. The maximum atomic E-state index is 12.0. The van der Waals surface area contributed by atoms with Gasteiger partial charge in [0.05, 0.1) is 0 Å². The lowest BCUT2D eigenvalue weighted by molar-refractivity contribution is -0.146. The van der Waals surface area contributed by atoms with Gasteiger partial charge in [-0.15, -0.1) is 0 Å². The van der Waals surface area contributed by atoms with Crippen LogP contribution in [0.15, 0.2) is 0 Å². The van der Waals surface area contributed by atoms with Crippen molar-refractivity contribution < 1.29 is 23.3 Å². The molecule has 0 radical (unpaired) electrons. The van der Waals surface area contributed by atoms with E-state index in [4.69, 9.17) is 21.1 Å². The van der Waals surface area contributed by atoms with Crippen LogP contribution in [0, 0.1) is 0 Å². The lowest BCUT2D eigenvalue weighted by Gasteiger charge is -2.38. The third-order valence-electron chi connectivity index (χ3n) is 3.33. The van der Waals surface area contributed by atoms with Crippen LogP contribution in [0.25, 0.3) is 0 Å². The molecule has 1 fully saturated rings. The Labute approximate surface area is 132 Å². The summed E-state index contributed by atoms with van der Waals surface area (Å²) in [5, 5.41) is 0. The average Bonchev–Trinajstić information content (AvgIpc) is 2.36. The van der Waals surface area contributed by atoms with Crippen LogP contribution < -0.4 is 0 Å². The summed E-state index contributed by atoms with van der Waals surface area (Å²) in [6, 6.07) is -0.270. The van der Waals surface area contributed by atoms with Crippen LogP contribution in [0.1, 0.15) is 33.6 Å². The molecule has 0 aromatic carbocycles. The van der Waals surface area contributed by atoms with Gasteiger partial charge in [-0.25, -0.2) is 4.79 Å². The molecule has 1 amide bonds. The lowest BCUT2D eigenvalue weighted by Crippen LogP contribution is -2.54. The molecule has 6 nitrogen and oxygen atoms in total. The second-order valence-electron chi connectivity index (χ2n) is 5.96. The van der Waals surface area contributed by atoms with E-state index in [-0.39, 0.29) is 18.9 Å². The third kappa shape index (κ3) is 4.57. The predicted octanol–water partition coefficient (Wildman–Crippen LogP) is 1.87. The number of hydrogen-bond acceptors (Lipinski definition) is 5. The van der Waals surface area contributed by atoms with Crippen LogP contribution in [-0.4, -0.2) is 56.9 Å². The number of alkyl halides is 1. The van der Waals surface area contributed by atoms with Crippen molar-refractivity contribution in [3.05, 3.63) is 0 Å². The second kappa shape index (κ2) is 6.96. The molecule has 0 aromatic heterocycles. The third-order valence-corrected chi connectivity index (χ3v) is 5.12. The highest BCUT2D eigenvalue weighted by Crippen LogP contribution is 2.30. The number of nitrogens with zero attached hydrogens (tertiary/aromatic N) is 1. The summed E-state index contributed by atoms with van der Waals surface area (Å²) in [4.78, 5) is 25.5. The number of hydrogen-bond donors (Lipinski definition) is 0. The molecule has 1 saturated heterocycles. The number of amides is 1. The smallest absolute Gasteiger partial charge is 0.410 e. The Morgan fingerprint density at radius 3 is 2.19 bits per heavy atom. The molecule has 0 saturated carbocycles. The molecule has 1 atom stereocenters. The molecular formula is C13H22ClNO5S. The largest absolute Gasteiger partial charge is 0.448 e. The van der Waals surface area contributed by atoms with Crippen molar-refractivity contribution in [2.75, 3.05) is 25.4 Å². The van der Waals surface area contributed by atoms with Crippen LogP contribution in [0.5, 0.6) is 0 Å². The highest BCUT2D eigenvalue weighted by Gasteiger charge is 2.47. The van der Waals surface area contributed by atoms with Crippen molar-refractivity contribution in [3.8, 4) is 0 Å². The van der Waals surface area contributed by atoms with Crippen molar-refractivity contribution >= 4 is 34.5 Å². The Morgan fingerprint density at radius 2 is 1.81 bits per heavy atom. The molecule has 0 spiro atoms. The molecule has 0 aliphatic carbocycles.